The molecule has 1 aromatic rings. The van der Waals surface area contributed by atoms with Crippen molar-refractivity contribution in [2.24, 2.45) is 11.3 Å². The van der Waals surface area contributed by atoms with Gasteiger partial charge in [-0.05, 0) is 72.1 Å². The van der Waals surface area contributed by atoms with Gasteiger partial charge in [0, 0.05) is 0 Å². The molecule has 0 heterocycles. The van der Waals surface area contributed by atoms with Gasteiger partial charge in [-0.3, -0.25) is 0 Å². The largest absolute Gasteiger partial charge is 0.508 e. The van der Waals surface area contributed by atoms with E-state index >= 15 is 0 Å². The third kappa shape index (κ3) is 2.15. The molecule has 118 valence electrons. The van der Waals surface area contributed by atoms with Crippen molar-refractivity contribution < 1.29 is 15.0 Å². The Morgan fingerprint density at radius 1 is 1.36 bits per heavy atom. The summed E-state index contributed by atoms with van der Waals surface area (Å²) in [6.45, 7) is 8.50. The van der Waals surface area contributed by atoms with E-state index in [1.54, 1.807) is 6.07 Å². The first-order valence-electron chi connectivity index (χ1n) is 8.02. The Hall–Kier alpha value is -1.77. The monoisotopic (exact) mass is 300 g/mol. The molecule has 0 spiro atoms. The van der Waals surface area contributed by atoms with Crippen molar-refractivity contribution in [3.8, 4) is 5.75 Å². The summed E-state index contributed by atoms with van der Waals surface area (Å²) in [6, 6.07) is 3.19. The Kier molecular flexibility index (Phi) is 3.35. The summed E-state index contributed by atoms with van der Waals surface area (Å²) >= 11 is 0. The molecule has 0 aromatic heterocycles. The average Bonchev–Trinajstić information content (AvgIpc) is 2.48. The molecular weight excluding hydrogens is 276 g/mol. The maximum atomic E-state index is 11.5. The molecule has 22 heavy (non-hydrogen) atoms. The van der Waals surface area contributed by atoms with E-state index in [1.807, 2.05) is 0 Å². The van der Waals surface area contributed by atoms with Crippen molar-refractivity contribution in [1.82, 2.24) is 0 Å². The van der Waals surface area contributed by atoms with E-state index in [-0.39, 0.29) is 22.1 Å². The Morgan fingerprint density at radius 3 is 2.73 bits per heavy atom. The van der Waals surface area contributed by atoms with Crippen LogP contribution in [-0.4, -0.2) is 16.2 Å². The predicted molar refractivity (Wildman–Crippen MR) is 86.4 cm³/mol. The number of benzene rings is 1. The van der Waals surface area contributed by atoms with Gasteiger partial charge >= 0.3 is 5.97 Å². The van der Waals surface area contributed by atoms with Gasteiger partial charge in [0.2, 0.25) is 0 Å². The van der Waals surface area contributed by atoms with Gasteiger partial charge in [0.25, 0.3) is 0 Å². The summed E-state index contributed by atoms with van der Waals surface area (Å²) in [5, 5.41) is 19.4. The van der Waals surface area contributed by atoms with Gasteiger partial charge < -0.3 is 10.2 Å². The molecule has 2 aliphatic carbocycles. The SMILES string of the molecule is C=CC1(C)CCC2(C)c3cc(O)cc(C(=O)O)c3CCC2C1. The molecule has 0 saturated heterocycles. The van der Waals surface area contributed by atoms with Crippen molar-refractivity contribution in [1.29, 1.82) is 0 Å². The van der Waals surface area contributed by atoms with Gasteiger partial charge in [-0.15, -0.1) is 6.58 Å². The molecule has 1 fully saturated rings. The van der Waals surface area contributed by atoms with Crippen molar-refractivity contribution >= 4 is 5.97 Å². The smallest absolute Gasteiger partial charge is 0.336 e. The van der Waals surface area contributed by atoms with Crippen LogP contribution in [0.3, 0.4) is 0 Å². The minimum absolute atomic E-state index is 0.0426. The lowest BCUT2D eigenvalue weighted by Crippen LogP contribution is -2.44. The minimum atomic E-state index is -0.944. The normalized spacial score (nSPS) is 33.6. The second kappa shape index (κ2) is 4.87. The molecular formula is C19H24O3. The zero-order valence-corrected chi connectivity index (χ0v) is 13.4. The van der Waals surface area contributed by atoms with Crippen molar-refractivity contribution in [3.05, 3.63) is 41.5 Å². The van der Waals surface area contributed by atoms with E-state index in [1.165, 1.54) is 6.07 Å². The van der Waals surface area contributed by atoms with E-state index in [4.69, 9.17) is 0 Å². The zero-order valence-electron chi connectivity index (χ0n) is 13.4. The fourth-order valence-electron chi connectivity index (χ4n) is 4.55. The average molecular weight is 300 g/mol. The van der Waals surface area contributed by atoms with Crippen LogP contribution in [0, 0.1) is 11.3 Å². The third-order valence-corrected chi connectivity index (χ3v) is 6.15. The summed E-state index contributed by atoms with van der Waals surface area (Å²) in [6.07, 6.45) is 7.02. The van der Waals surface area contributed by atoms with Gasteiger partial charge in [-0.1, -0.05) is 19.9 Å². The van der Waals surface area contributed by atoms with Crippen LogP contribution in [0.1, 0.15) is 61.0 Å². The first-order chi connectivity index (χ1) is 10.3. The summed E-state index contributed by atoms with van der Waals surface area (Å²) < 4.78 is 0. The van der Waals surface area contributed by atoms with Crippen LogP contribution in [0.2, 0.25) is 0 Å². The molecule has 0 bridgehead atoms. The first-order valence-corrected chi connectivity index (χ1v) is 8.02. The highest BCUT2D eigenvalue weighted by molar-refractivity contribution is 5.90. The van der Waals surface area contributed by atoms with Crippen molar-refractivity contribution in [2.45, 2.75) is 51.4 Å². The van der Waals surface area contributed by atoms with E-state index in [0.29, 0.717) is 5.92 Å². The van der Waals surface area contributed by atoms with Crippen molar-refractivity contribution in [2.75, 3.05) is 0 Å². The maximum absolute atomic E-state index is 11.5. The van der Waals surface area contributed by atoms with E-state index in [2.05, 4.69) is 26.5 Å². The molecule has 3 atom stereocenters. The number of allylic oxidation sites excluding steroid dienone is 1. The number of carbonyl (C=O) groups is 1. The number of phenolic OH excluding ortho intramolecular Hbond substituents is 1. The topological polar surface area (TPSA) is 57.5 Å². The number of fused-ring (bicyclic) bond motifs is 3. The number of aromatic carboxylic acids is 1. The van der Waals surface area contributed by atoms with Crippen LogP contribution < -0.4 is 0 Å². The molecule has 3 heteroatoms. The molecule has 0 amide bonds. The molecule has 1 aromatic carbocycles. The van der Waals surface area contributed by atoms with Crippen molar-refractivity contribution in [3.63, 3.8) is 0 Å². The minimum Gasteiger partial charge on any atom is -0.508 e. The molecule has 3 nitrogen and oxygen atoms in total. The van der Waals surface area contributed by atoms with Crippen LogP contribution in [-0.2, 0) is 11.8 Å². The quantitative estimate of drug-likeness (QED) is 0.801. The molecule has 0 aliphatic heterocycles. The fourth-order valence-corrected chi connectivity index (χ4v) is 4.55. The van der Waals surface area contributed by atoms with Crippen LogP contribution in [0.5, 0.6) is 5.75 Å². The van der Waals surface area contributed by atoms with Gasteiger partial charge in [-0.25, -0.2) is 4.79 Å². The lowest BCUT2D eigenvalue weighted by Gasteiger charge is -2.51. The standard InChI is InChI=1S/C19H24O3/c1-4-18(2)7-8-19(3)12(11-18)5-6-14-15(17(21)22)9-13(20)10-16(14)19/h4,9-10,12,20H,1,5-8,11H2,2-3H3,(H,21,22). The number of hydrogen-bond donors (Lipinski definition) is 2. The van der Waals surface area contributed by atoms with Crippen LogP contribution in [0.4, 0.5) is 0 Å². The third-order valence-electron chi connectivity index (χ3n) is 6.15. The number of carboxylic acids is 1. The number of hydrogen-bond acceptors (Lipinski definition) is 2. The lowest BCUT2D eigenvalue weighted by atomic mass is 9.53. The first kappa shape index (κ1) is 15.1. The molecule has 2 N–H and O–H groups in total. The summed E-state index contributed by atoms with van der Waals surface area (Å²) in [4.78, 5) is 11.5. The Morgan fingerprint density at radius 2 is 2.09 bits per heavy atom. The maximum Gasteiger partial charge on any atom is 0.336 e. The molecule has 1 saturated carbocycles. The molecule has 0 radical (unpaired) electrons. The number of aromatic hydroxyl groups is 1. The summed E-state index contributed by atoms with van der Waals surface area (Å²) in [7, 11) is 0. The second-order valence-electron chi connectivity index (χ2n) is 7.54. The summed E-state index contributed by atoms with van der Waals surface area (Å²) in [5.74, 6) is -0.365. The van der Waals surface area contributed by atoms with E-state index in [0.717, 1.165) is 43.2 Å². The molecule has 2 aliphatic rings. The van der Waals surface area contributed by atoms with E-state index < -0.39 is 5.97 Å². The van der Waals surface area contributed by atoms with Gasteiger partial charge in [0.1, 0.15) is 5.75 Å². The van der Waals surface area contributed by atoms with Crippen LogP contribution in [0.25, 0.3) is 0 Å². The highest BCUT2D eigenvalue weighted by Gasteiger charge is 2.47. The van der Waals surface area contributed by atoms with E-state index in [9.17, 15) is 15.0 Å². The predicted octanol–water partition coefficient (Wildman–Crippen LogP) is 4.29. The van der Waals surface area contributed by atoms with Gasteiger partial charge in [-0.2, -0.15) is 0 Å². The molecule has 3 rings (SSSR count). The lowest BCUT2D eigenvalue weighted by molar-refractivity contribution is 0.0689. The number of carboxylic acid groups (broad SMARTS) is 1. The number of rotatable bonds is 2. The second-order valence-corrected chi connectivity index (χ2v) is 7.54. The van der Waals surface area contributed by atoms with Crippen LogP contribution in [0.15, 0.2) is 24.8 Å². The Balaban J connectivity index is 2.10. The highest BCUT2D eigenvalue weighted by atomic mass is 16.4. The van der Waals surface area contributed by atoms with Gasteiger partial charge in [0.15, 0.2) is 0 Å². The summed E-state index contributed by atoms with van der Waals surface area (Å²) in [5.41, 5.74) is 2.37. The fraction of sp³-hybridized carbons (Fsp3) is 0.526. The number of phenols is 1. The Labute approximate surface area is 131 Å². The highest BCUT2D eigenvalue weighted by Crippen LogP contribution is 2.56. The van der Waals surface area contributed by atoms with Crippen LogP contribution >= 0.6 is 0 Å². The molecule has 3 unspecified atom stereocenters. The Bertz CT molecular complexity index is 648. The zero-order chi connectivity index (χ0) is 16.1. The van der Waals surface area contributed by atoms with Gasteiger partial charge in [0.05, 0.1) is 5.56 Å².